The van der Waals surface area contributed by atoms with Crippen molar-refractivity contribution in [1.82, 2.24) is 5.32 Å². The molecular formula is C16H14FNO3. The van der Waals surface area contributed by atoms with Crippen LogP contribution in [0.1, 0.15) is 27.2 Å². The molecule has 5 heteroatoms. The number of carbonyl (C=O) groups excluding carboxylic acids is 1. The molecule has 0 spiro atoms. The van der Waals surface area contributed by atoms with Gasteiger partial charge in [0.1, 0.15) is 18.2 Å². The predicted octanol–water partition coefficient (Wildman–Crippen LogP) is 2.00. The average molecular weight is 287 g/mol. The summed E-state index contributed by atoms with van der Waals surface area (Å²) in [6.45, 7) is 1.47. The normalized spacial score (nSPS) is 9.86. The first-order chi connectivity index (χ1) is 10.1. The third-order valence-corrected chi connectivity index (χ3v) is 2.90. The predicted molar refractivity (Wildman–Crippen MR) is 75.0 cm³/mol. The van der Waals surface area contributed by atoms with Crippen LogP contribution in [0.15, 0.2) is 34.9 Å². The average Bonchev–Trinajstić information content (AvgIpc) is 2.91. The SMILES string of the molecule is Cc1occc1C(=O)NCc1cc(C#CCO)ccc1F. The highest BCUT2D eigenvalue weighted by molar-refractivity contribution is 5.94. The highest BCUT2D eigenvalue weighted by atomic mass is 19.1. The lowest BCUT2D eigenvalue weighted by atomic mass is 10.1. The van der Waals surface area contributed by atoms with Gasteiger partial charge in [-0.15, -0.1) is 0 Å². The van der Waals surface area contributed by atoms with Crippen molar-refractivity contribution >= 4 is 5.91 Å². The molecule has 1 aromatic carbocycles. The van der Waals surface area contributed by atoms with Crippen molar-refractivity contribution in [1.29, 1.82) is 0 Å². The number of amides is 1. The largest absolute Gasteiger partial charge is 0.469 e. The van der Waals surface area contributed by atoms with Crippen molar-refractivity contribution in [3.63, 3.8) is 0 Å². The van der Waals surface area contributed by atoms with Crippen molar-refractivity contribution in [2.45, 2.75) is 13.5 Å². The Morgan fingerprint density at radius 1 is 1.43 bits per heavy atom. The smallest absolute Gasteiger partial charge is 0.255 e. The van der Waals surface area contributed by atoms with Gasteiger partial charge in [-0.25, -0.2) is 4.39 Å². The van der Waals surface area contributed by atoms with Crippen molar-refractivity contribution in [3.8, 4) is 11.8 Å². The second kappa shape index (κ2) is 6.73. The number of halogens is 1. The number of rotatable bonds is 3. The van der Waals surface area contributed by atoms with Gasteiger partial charge in [0, 0.05) is 17.7 Å². The monoisotopic (exact) mass is 287 g/mol. The van der Waals surface area contributed by atoms with Crippen LogP contribution in [-0.4, -0.2) is 17.6 Å². The highest BCUT2D eigenvalue weighted by Crippen LogP contribution is 2.12. The number of furan rings is 1. The molecule has 0 fully saturated rings. The number of hydrogen-bond acceptors (Lipinski definition) is 3. The number of benzene rings is 1. The molecule has 0 aliphatic carbocycles. The fourth-order valence-electron chi connectivity index (χ4n) is 1.82. The minimum Gasteiger partial charge on any atom is -0.469 e. The van der Waals surface area contributed by atoms with Crippen LogP contribution in [0.25, 0.3) is 0 Å². The summed E-state index contributed by atoms with van der Waals surface area (Å²) in [6, 6.07) is 5.90. The van der Waals surface area contributed by atoms with Gasteiger partial charge in [0.15, 0.2) is 0 Å². The van der Waals surface area contributed by atoms with Crippen LogP contribution in [0.3, 0.4) is 0 Å². The van der Waals surface area contributed by atoms with Crippen LogP contribution in [-0.2, 0) is 6.54 Å². The Kier molecular flexibility index (Phi) is 4.75. The third kappa shape index (κ3) is 3.71. The molecule has 0 aliphatic heterocycles. The Morgan fingerprint density at radius 2 is 2.24 bits per heavy atom. The zero-order chi connectivity index (χ0) is 15.2. The van der Waals surface area contributed by atoms with Crippen LogP contribution < -0.4 is 5.32 Å². The number of aliphatic hydroxyl groups is 1. The van der Waals surface area contributed by atoms with E-state index in [0.717, 1.165) is 0 Å². The summed E-state index contributed by atoms with van der Waals surface area (Å²) in [5.41, 5.74) is 1.33. The quantitative estimate of drug-likeness (QED) is 0.849. The van der Waals surface area contributed by atoms with Gasteiger partial charge in [-0.3, -0.25) is 4.79 Å². The number of aryl methyl sites for hydroxylation is 1. The lowest BCUT2D eigenvalue weighted by Crippen LogP contribution is -2.23. The molecule has 0 saturated carbocycles. The van der Waals surface area contributed by atoms with Gasteiger partial charge in [0.25, 0.3) is 5.91 Å². The van der Waals surface area contributed by atoms with Gasteiger partial charge in [-0.1, -0.05) is 11.8 Å². The second-order valence-corrected chi connectivity index (χ2v) is 4.34. The molecule has 1 aromatic heterocycles. The molecule has 1 amide bonds. The number of aliphatic hydroxyl groups excluding tert-OH is 1. The molecule has 4 nitrogen and oxygen atoms in total. The first-order valence-electron chi connectivity index (χ1n) is 6.32. The van der Waals surface area contributed by atoms with Gasteiger partial charge in [0.2, 0.25) is 0 Å². The van der Waals surface area contributed by atoms with E-state index in [-0.39, 0.29) is 19.1 Å². The maximum atomic E-state index is 13.7. The minimum atomic E-state index is -0.422. The van der Waals surface area contributed by atoms with Gasteiger partial charge in [-0.05, 0) is 31.2 Å². The molecule has 2 aromatic rings. The van der Waals surface area contributed by atoms with Gasteiger partial charge in [-0.2, -0.15) is 0 Å². The zero-order valence-electron chi connectivity index (χ0n) is 11.4. The highest BCUT2D eigenvalue weighted by Gasteiger charge is 2.12. The van der Waals surface area contributed by atoms with E-state index in [1.54, 1.807) is 19.1 Å². The fraction of sp³-hybridized carbons (Fsp3) is 0.188. The standard InChI is InChI=1S/C16H14FNO3/c1-11-14(6-8-21-11)16(20)18-10-13-9-12(3-2-7-19)4-5-15(13)17/h4-6,8-9,19H,7,10H2,1H3,(H,18,20). The van der Waals surface area contributed by atoms with Crippen LogP contribution in [0.4, 0.5) is 4.39 Å². The molecule has 1 heterocycles. The Bertz CT molecular complexity index is 710. The summed E-state index contributed by atoms with van der Waals surface area (Å²) in [5, 5.41) is 11.3. The Morgan fingerprint density at radius 3 is 2.90 bits per heavy atom. The minimum absolute atomic E-state index is 0.0456. The van der Waals surface area contributed by atoms with Crippen LogP contribution in [0.2, 0.25) is 0 Å². The van der Waals surface area contributed by atoms with Crippen molar-refractivity contribution in [2.75, 3.05) is 6.61 Å². The van der Waals surface area contributed by atoms with E-state index in [1.165, 1.54) is 18.4 Å². The van der Waals surface area contributed by atoms with Gasteiger partial charge < -0.3 is 14.8 Å². The van der Waals surface area contributed by atoms with E-state index in [0.29, 0.717) is 22.5 Å². The first-order valence-corrected chi connectivity index (χ1v) is 6.32. The molecule has 0 atom stereocenters. The van der Waals surface area contributed by atoms with E-state index < -0.39 is 5.82 Å². The molecule has 2 rings (SSSR count). The molecule has 0 saturated heterocycles. The number of nitrogens with one attached hydrogen (secondary N) is 1. The zero-order valence-corrected chi connectivity index (χ0v) is 11.4. The third-order valence-electron chi connectivity index (χ3n) is 2.90. The molecule has 0 aliphatic rings. The Labute approximate surface area is 121 Å². The van der Waals surface area contributed by atoms with Crippen molar-refractivity contribution < 1.29 is 18.7 Å². The van der Waals surface area contributed by atoms with Crippen molar-refractivity contribution in [2.24, 2.45) is 0 Å². The number of hydrogen-bond donors (Lipinski definition) is 2. The molecular weight excluding hydrogens is 273 g/mol. The summed E-state index contributed by atoms with van der Waals surface area (Å²) in [6.07, 6.45) is 1.43. The van der Waals surface area contributed by atoms with E-state index in [4.69, 9.17) is 9.52 Å². The summed E-state index contributed by atoms with van der Waals surface area (Å²) in [7, 11) is 0. The summed E-state index contributed by atoms with van der Waals surface area (Å²) in [4.78, 5) is 11.9. The summed E-state index contributed by atoms with van der Waals surface area (Å²) >= 11 is 0. The van der Waals surface area contributed by atoms with Crippen molar-refractivity contribution in [3.05, 3.63) is 58.8 Å². The molecule has 0 bridgehead atoms. The van der Waals surface area contributed by atoms with E-state index in [1.807, 2.05) is 0 Å². The van der Waals surface area contributed by atoms with E-state index in [2.05, 4.69) is 17.2 Å². The lowest BCUT2D eigenvalue weighted by molar-refractivity contribution is 0.0949. The molecule has 0 unspecified atom stereocenters. The van der Waals surface area contributed by atoms with Gasteiger partial charge >= 0.3 is 0 Å². The fourth-order valence-corrected chi connectivity index (χ4v) is 1.82. The van der Waals surface area contributed by atoms with Crippen LogP contribution in [0, 0.1) is 24.6 Å². The van der Waals surface area contributed by atoms with Crippen LogP contribution in [0.5, 0.6) is 0 Å². The number of carbonyl (C=O) groups is 1. The summed E-state index contributed by atoms with van der Waals surface area (Å²) in [5.74, 6) is 4.94. The van der Waals surface area contributed by atoms with E-state index >= 15 is 0 Å². The summed E-state index contributed by atoms with van der Waals surface area (Å²) < 4.78 is 18.7. The maximum Gasteiger partial charge on any atom is 0.255 e. The molecule has 2 N–H and O–H groups in total. The molecule has 108 valence electrons. The topological polar surface area (TPSA) is 62.5 Å². The molecule has 21 heavy (non-hydrogen) atoms. The molecule has 0 radical (unpaired) electrons. The first kappa shape index (κ1) is 14.8. The van der Waals surface area contributed by atoms with E-state index in [9.17, 15) is 9.18 Å². The lowest BCUT2D eigenvalue weighted by Gasteiger charge is -2.06. The Hall–Kier alpha value is -2.58. The van der Waals surface area contributed by atoms with Gasteiger partial charge in [0.05, 0.1) is 11.8 Å². The Balaban J connectivity index is 2.09. The van der Waals surface area contributed by atoms with Crippen LogP contribution >= 0.6 is 0 Å². The maximum absolute atomic E-state index is 13.7. The second-order valence-electron chi connectivity index (χ2n) is 4.34.